The van der Waals surface area contributed by atoms with Crippen molar-refractivity contribution in [3.63, 3.8) is 0 Å². The van der Waals surface area contributed by atoms with Gasteiger partial charge in [-0.05, 0) is 94.3 Å². The van der Waals surface area contributed by atoms with Crippen molar-refractivity contribution in [3.8, 4) is 0 Å². The minimum atomic E-state index is 0. The number of aryl methyl sites for hydroxylation is 3. The van der Waals surface area contributed by atoms with Crippen molar-refractivity contribution in [2.75, 3.05) is 18.0 Å². The first kappa shape index (κ1) is 42.4. The first-order valence-corrected chi connectivity index (χ1v) is 18.6. The average molecular weight is 713 g/mol. The molecule has 0 unspecified atom stereocenters. The summed E-state index contributed by atoms with van der Waals surface area (Å²) in [5, 5.41) is 0. The molecule has 1 aliphatic rings. The zero-order valence-electron chi connectivity index (χ0n) is 31.7. The summed E-state index contributed by atoms with van der Waals surface area (Å²) in [7, 11) is 0. The van der Waals surface area contributed by atoms with Crippen LogP contribution in [-0.4, -0.2) is 17.8 Å². The van der Waals surface area contributed by atoms with E-state index in [1.165, 1.54) is 51.1 Å². The van der Waals surface area contributed by atoms with Gasteiger partial charge in [0.2, 0.25) is 11.4 Å². The second-order valence-electron chi connectivity index (χ2n) is 12.8. The van der Waals surface area contributed by atoms with Crippen molar-refractivity contribution in [2.45, 2.75) is 106 Å². The van der Waals surface area contributed by atoms with Gasteiger partial charge in [0.15, 0.2) is 0 Å². The van der Waals surface area contributed by atoms with E-state index < -0.39 is 0 Å². The number of hydrogen-bond acceptors (Lipinski definition) is 1. The number of unbranched alkanes of at least 4 members (excludes halogenated alkanes) is 3. The van der Waals surface area contributed by atoms with Crippen molar-refractivity contribution in [1.29, 1.82) is 0 Å². The first-order valence-electron chi connectivity index (χ1n) is 18.6. The predicted octanol–water partition coefficient (Wildman–Crippen LogP) is 13.0. The van der Waals surface area contributed by atoms with E-state index in [1.807, 2.05) is 48.5 Å². The Morgan fingerprint density at radius 3 is 1.26 bits per heavy atom. The molecule has 268 valence electrons. The molecule has 0 aliphatic carbocycles. The van der Waals surface area contributed by atoms with Crippen molar-refractivity contribution in [1.82, 2.24) is 0 Å². The van der Waals surface area contributed by atoms with Crippen LogP contribution in [0.15, 0.2) is 108 Å². The molecule has 1 aliphatic heterocycles. The number of allylic oxidation sites excluding steroid dienone is 2. The minimum absolute atomic E-state index is 0. The fraction of sp³-hybridized carbons (Fsp3) is 0.391. The van der Waals surface area contributed by atoms with Crippen molar-refractivity contribution in [2.24, 2.45) is 0 Å². The van der Waals surface area contributed by atoms with E-state index in [0.717, 1.165) is 80.6 Å². The van der Waals surface area contributed by atoms with Gasteiger partial charge in [0.05, 0.1) is 0 Å². The van der Waals surface area contributed by atoms with E-state index in [2.05, 4.69) is 114 Å². The first-order chi connectivity index (χ1) is 23.9. The van der Waals surface area contributed by atoms with Crippen LogP contribution in [0, 0.1) is 26.0 Å². The zero-order chi connectivity index (χ0) is 35.4. The fourth-order valence-corrected chi connectivity index (χ4v) is 6.06. The SMILES string of the molecule is CCCCC1=C(c2ccc(CCCC)cc2)[N+](=[N-])C(c2ccc(N(CC)CC)cc2)=C1CCCC.Cc1cc[c-]cc1.Cc1cc[c-]cc1.[Ni+2]. The van der Waals surface area contributed by atoms with Crippen LogP contribution < -0.4 is 4.90 Å². The maximum Gasteiger partial charge on any atom is 2.00 e. The Morgan fingerprint density at radius 2 is 0.920 bits per heavy atom. The van der Waals surface area contributed by atoms with E-state index in [0.29, 0.717) is 0 Å². The van der Waals surface area contributed by atoms with E-state index in [-0.39, 0.29) is 16.5 Å². The van der Waals surface area contributed by atoms with Gasteiger partial charge in [-0.3, -0.25) is 0 Å². The van der Waals surface area contributed by atoms with E-state index in [1.54, 1.807) is 0 Å². The quantitative estimate of drug-likeness (QED) is 0.0727. The molecule has 3 nitrogen and oxygen atoms in total. The van der Waals surface area contributed by atoms with Crippen LogP contribution >= 0.6 is 0 Å². The van der Waals surface area contributed by atoms with Crippen LogP contribution in [0.1, 0.15) is 114 Å². The normalized spacial score (nSPS) is 12.1. The van der Waals surface area contributed by atoms with Crippen LogP contribution in [0.4, 0.5) is 5.69 Å². The molecule has 0 saturated heterocycles. The van der Waals surface area contributed by atoms with Gasteiger partial charge in [-0.15, -0.1) is 0 Å². The van der Waals surface area contributed by atoms with Crippen LogP contribution in [0.25, 0.3) is 16.9 Å². The summed E-state index contributed by atoms with van der Waals surface area (Å²) in [4.78, 5) is 2.36. The summed E-state index contributed by atoms with van der Waals surface area (Å²) >= 11 is 0. The summed E-state index contributed by atoms with van der Waals surface area (Å²) < 4.78 is 1.50. The van der Waals surface area contributed by atoms with Gasteiger partial charge in [0, 0.05) is 41.1 Å². The third kappa shape index (κ3) is 12.9. The number of benzene rings is 4. The molecule has 0 aromatic heterocycles. The Bertz CT molecular complexity index is 1550. The zero-order valence-corrected chi connectivity index (χ0v) is 32.7. The predicted molar refractivity (Wildman–Crippen MR) is 212 cm³/mol. The number of hydrogen-bond donors (Lipinski definition) is 0. The molecule has 0 fully saturated rings. The molecule has 0 N–H and O–H groups in total. The molecule has 1 heterocycles. The second kappa shape index (κ2) is 23.6. The Balaban J connectivity index is 0.000000475. The summed E-state index contributed by atoms with van der Waals surface area (Å²) in [6.07, 6.45) is 10.1. The monoisotopic (exact) mass is 711 g/mol. The van der Waals surface area contributed by atoms with Crippen LogP contribution in [0.2, 0.25) is 0 Å². The number of rotatable bonds is 14. The minimum Gasteiger partial charge on any atom is -0.493 e. The molecular formula is C46H59N3Ni. The van der Waals surface area contributed by atoms with Crippen molar-refractivity contribution >= 4 is 17.1 Å². The molecule has 4 aromatic rings. The third-order valence-corrected chi connectivity index (χ3v) is 9.01. The van der Waals surface area contributed by atoms with E-state index in [9.17, 15) is 5.53 Å². The molecule has 0 atom stereocenters. The van der Waals surface area contributed by atoms with Gasteiger partial charge < -0.3 is 10.4 Å². The molecule has 0 saturated carbocycles. The van der Waals surface area contributed by atoms with Gasteiger partial charge in [-0.1, -0.05) is 66.0 Å². The molecule has 0 spiro atoms. The van der Waals surface area contributed by atoms with Gasteiger partial charge in [-0.2, -0.15) is 71.8 Å². The van der Waals surface area contributed by atoms with Gasteiger partial charge >= 0.3 is 16.5 Å². The topological polar surface area (TPSA) is 28.6 Å². The van der Waals surface area contributed by atoms with Gasteiger partial charge in [0.1, 0.15) is 0 Å². The summed E-state index contributed by atoms with van der Waals surface area (Å²) in [5.74, 6) is 0. The molecular weight excluding hydrogens is 653 g/mol. The molecule has 4 aromatic carbocycles. The smallest absolute Gasteiger partial charge is 0.493 e. The van der Waals surface area contributed by atoms with Gasteiger partial charge in [0.25, 0.3) is 0 Å². The van der Waals surface area contributed by atoms with Crippen molar-refractivity contribution < 1.29 is 21.2 Å². The Hall–Kier alpha value is -3.75. The number of nitrogens with zero attached hydrogens (tertiary/aromatic N) is 3. The summed E-state index contributed by atoms with van der Waals surface area (Å²) in [6, 6.07) is 39.3. The number of anilines is 1. The molecule has 0 amide bonds. The molecule has 0 bridgehead atoms. The van der Waals surface area contributed by atoms with Crippen molar-refractivity contribution in [3.05, 3.63) is 154 Å². The standard InChI is InChI=1S/C32H45N3.2C7H7.Ni/c1-6-11-14-25-17-19-26(20-18-25)31-29(15-12-7-2)30(16-13-8-3)32(35(31)33)27-21-23-28(24-22-27)34(9-4)10-5;2*1-7-5-3-2-4-6-7;/h17-24H,6-16H2,1-5H3;2*3-6H,1H3;/q;2*-1;+2. The van der Waals surface area contributed by atoms with Crippen LogP contribution in [0.5, 0.6) is 0 Å². The summed E-state index contributed by atoms with van der Waals surface area (Å²) in [6.45, 7) is 17.2. The van der Waals surface area contributed by atoms with Crippen LogP contribution in [0.3, 0.4) is 0 Å². The fourth-order valence-electron chi connectivity index (χ4n) is 6.06. The molecule has 50 heavy (non-hydrogen) atoms. The largest absolute Gasteiger partial charge is 2.00 e. The Morgan fingerprint density at radius 1 is 0.540 bits per heavy atom. The third-order valence-electron chi connectivity index (χ3n) is 9.01. The molecule has 5 rings (SSSR count). The Kier molecular flexibility index (Phi) is 20.0. The maximum absolute atomic E-state index is 11.7. The van der Waals surface area contributed by atoms with Gasteiger partial charge in [-0.25, -0.2) is 4.70 Å². The maximum atomic E-state index is 11.7. The molecule has 0 radical (unpaired) electrons. The average Bonchev–Trinajstić information content (AvgIpc) is 3.41. The van der Waals surface area contributed by atoms with E-state index in [4.69, 9.17) is 0 Å². The Labute approximate surface area is 315 Å². The summed E-state index contributed by atoms with van der Waals surface area (Å²) in [5.41, 5.74) is 23.7. The van der Waals surface area contributed by atoms with Crippen LogP contribution in [-0.2, 0) is 22.9 Å². The molecule has 4 heteroatoms. The van der Waals surface area contributed by atoms with E-state index >= 15 is 0 Å². The second-order valence-corrected chi connectivity index (χ2v) is 12.8.